The minimum Gasteiger partial charge on any atom is -0.481 e. The van der Waals surface area contributed by atoms with Gasteiger partial charge >= 0.3 is 0 Å². The van der Waals surface area contributed by atoms with Gasteiger partial charge in [0.25, 0.3) is 0 Å². The number of hydrogen-bond acceptors (Lipinski definition) is 3. The Morgan fingerprint density at radius 1 is 1.50 bits per heavy atom. The number of nitrogen functional groups attached to an aromatic ring is 1. The quantitative estimate of drug-likeness (QED) is 0.633. The lowest BCUT2D eigenvalue weighted by atomic mass is 10.2. The van der Waals surface area contributed by atoms with Crippen LogP contribution in [0.4, 0.5) is 4.39 Å². The molecule has 0 aliphatic heterocycles. The van der Waals surface area contributed by atoms with Crippen LogP contribution in [-0.4, -0.2) is 22.7 Å². The molecule has 5 nitrogen and oxygen atoms in total. The zero-order chi connectivity index (χ0) is 13.1. The van der Waals surface area contributed by atoms with Crippen molar-refractivity contribution < 1.29 is 9.13 Å². The molecule has 0 atom stereocenters. The second-order valence-electron chi connectivity index (χ2n) is 3.73. The molecule has 2 rings (SSSR count). The monoisotopic (exact) mass is 248 g/mol. The summed E-state index contributed by atoms with van der Waals surface area (Å²) in [7, 11) is 1.48. The Morgan fingerprint density at radius 2 is 2.22 bits per heavy atom. The lowest BCUT2D eigenvalue weighted by molar-refractivity contribution is 0.365. The fraction of sp³-hybridized carbons (Fsp3) is 0.167. The Kier molecular flexibility index (Phi) is 3.27. The topological polar surface area (TPSA) is 76.9 Å². The van der Waals surface area contributed by atoms with Crippen LogP contribution < -0.4 is 10.5 Å². The normalized spacial score (nSPS) is 10.3. The first kappa shape index (κ1) is 12.1. The lowest BCUT2D eigenvalue weighted by Gasteiger charge is -2.06. The number of halogens is 1. The summed E-state index contributed by atoms with van der Waals surface area (Å²) in [6.45, 7) is 0.225. The number of ether oxygens (including phenoxy) is 1. The maximum absolute atomic E-state index is 13.5. The van der Waals surface area contributed by atoms with Gasteiger partial charge in [-0.25, -0.2) is 9.07 Å². The van der Waals surface area contributed by atoms with Gasteiger partial charge in [0.1, 0.15) is 17.3 Å². The van der Waals surface area contributed by atoms with Crippen molar-refractivity contribution in [3.63, 3.8) is 0 Å². The van der Waals surface area contributed by atoms with Gasteiger partial charge in [0, 0.05) is 11.6 Å². The molecule has 0 fully saturated rings. The van der Waals surface area contributed by atoms with Crippen LogP contribution in [0.1, 0.15) is 11.3 Å². The van der Waals surface area contributed by atoms with Gasteiger partial charge in [-0.15, -0.1) is 0 Å². The van der Waals surface area contributed by atoms with Crippen molar-refractivity contribution in [3.8, 4) is 5.88 Å². The summed E-state index contributed by atoms with van der Waals surface area (Å²) >= 11 is 0. The molecule has 0 radical (unpaired) electrons. The van der Waals surface area contributed by atoms with Gasteiger partial charge in [-0.3, -0.25) is 5.41 Å². The maximum Gasteiger partial charge on any atom is 0.212 e. The van der Waals surface area contributed by atoms with Crippen molar-refractivity contribution in [2.24, 2.45) is 5.73 Å². The number of methoxy groups -OCH3 is 1. The van der Waals surface area contributed by atoms with E-state index in [1.165, 1.54) is 17.9 Å². The van der Waals surface area contributed by atoms with Crippen LogP contribution in [0.15, 0.2) is 30.3 Å². The SMILES string of the molecule is COc1cc(C(=N)N)nn1Cc1ccccc1F. The first-order valence-electron chi connectivity index (χ1n) is 5.31. The van der Waals surface area contributed by atoms with Crippen LogP contribution in [-0.2, 0) is 6.54 Å². The van der Waals surface area contributed by atoms with Gasteiger partial charge in [0.05, 0.1) is 13.7 Å². The summed E-state index contributed by atoms with van der Waals surface area (Å²) in [5.74, 6) is -0.0246. The van der Waals surface area contributed by atoms with Crippen LogP contribution in [0.2, 0.25) is 0 Å². The minimum atomic E-state index is -0.306. The number of hydrogen-bond donors (Lipinski definition) is 2. The molecule has 0 saturated heterocycles. The van der Waals surface area contributed by atoms with Gasteiger partial charge in [0.15, 0.2) is 0 Å². The van der Waals surface area contributed by atoms with Crippen LogP contribution >= 0.6 is 0 Å². The maximum atomic E-state index is 13.5. The number of nitrogens with one attached hydrogen (secondary N) is 1. The van der Waals surface area contributed by atoms with Crippen molar-refractivity contribution in [1.29, 1.82) is 5.41 Å². The molecule has 0 saturated carbocycles. The highest BCUT2D eigenvalue weighted by Gasteiger charge is 2.12. The first-order valence-corrected chi connectivity index (χ1v) is 5.31. The van der Waals surface area contributed by atoms with Crippen molar-refractivity contribution in [2.45, 2.75) is 6.54 Å². The van der Waals surface area contributed by atoms with E-state index in [9.17, 15) is 4.39 Å². The molecule has 2 aromatic rings. The summed E-state index contributed by atoms with van der Waals surface area (Å²) < 4.78 is 20.1. The molecule has 0 bridgehead atoms. The Morgan fingerprint density at radius 3 is 2.83 bits per heavy atom. The van der Waals surface area contributed by atoms with Gasteiger partial charge in [-0.05, 0) is 6.07 Å². The number of aromatic nitrogens is 2. The van der Waals surface area contributed by atoms with E-state index in [0.717, 1.165) is 0 Å². The summed E-state index contributed by atoms with van der Waals surface area (Å²) in [6, 6.07) is 7.98. The molecule has 3 N–H and O–H groups in total. The largest absolute Gasteiger partial charge is 0.481 e. The van der Waals surface area contributed by atoms with Gasteiger partial charge in [-0.1, -0.05) is 18.2 Å². The Balaban J connectivity index is 2.34. The molecule has 1 aromatic heterocycles. The molecule has 6 heteroatoms. The lowest BCUT2D eigenvalue weighted by Crippen LogP contribution is -2.13. The third kappa shape index (κ3) is 2.32. The van der Waals surface area contributed by atoms with Crippen LogP contribution in [0.3, 0.4) is 0 Å². The average Bonchev–Trinajstić information content (AvgIpc) is 2.75. The summed E-state index contributed by atoms with van der Waals surface area (Å²) in [4.78, 5) is 0. The molecule has 0 spiro atoms. The van der Waals surface area contributed by atoms with E-state index in [-0.39, 0.29) is 18.2 Å². The molecule has 94 valence electrons. The van der Waals surface area contributed by atoms with E-state index in [4.69, 9.17) is 15.9 Å². The van der Waals surface area contributed by atoms with E-state index in [1.54, 1.807) is 24.3 Å². The van der Waals surface area contributed by atoms with Gasteiger partial charge in [-0.2, -0.15) is 5.10 Å². The third-order valence-electron chi connectivity index (χ3n) is 2.51. The van der Waals surface area contributed by atoms with Crippen molar-refractivity contribution in [1.82, 2.24) is 9.78 Å². The fourth-order valence-electron chi connectivity index (χ4n) is 1.60. The summed E-state index contributed by atoms with van der Waals surface area (Å²) in [5, 5.41) is 11.4. The molecule has 0 amide bonds. The zero-order valence-electron chi connectivity index (χ0n) is 9.85. The average molecular weight is 248 g/mol. The molecule has 1 heterocycles. The standard InChI is InChI=1S/C12H13FN4O/c1-18-11-6-10(12(14)15)16-17(11)7-8-4-2-3-5-9(8)13/h2-6H,7H2,1H3,(H3,14,15). The minimum absolute atomic E-state index is 0.152. The van der Waals surface area contributed by atoms with E-state index in [0.29, 0.717) is 17.1 Å². The predicted molar refractivity (Wildman–Crippen MR) is 65.3 cm³/mol. The van der Waals surface area contributed by atoms with Crippen LogP contribution in [0.5, 0.6) is 5.88 Å². The number of benzene rings is 1. The van der Waals surface area contributed by atoms with E-state index < -0.39 is 0 Å². The van der Waals surface area contributed by atoms with Crippen molar-refractivity contribution in [3.05, 3.63) is 47.4 Å². The summed E-state index contributed by atoms with van der Waals surface area (Å²) in [5.41, 5.74) is 6.15. The highest BCUT2D eigenvalue weighted by Crippen LogP contribution is 2.16. The highest BCUT2D eigenvalue weighted by atomic mass is 19.1. The van der Waals surface area contributed by atoms with Gasteiger partial charge < -0.3 is 10.5 Å². The second-order valence-corrected chi connectivity index (χ2v) is 3.73. The first-order chi connectivity index (χ1) is 8.61. The highest BCUT2D eigenvalue weighted by molar-refractivity contribution is 5.93. The fourth-order valence-corrected chi connectivity index (χ4v) is 1.60. The number of rotatable bonds is 4. The number of nitrogens with zero attached hydrogens (tertiary/aromatic N) is 2. The smallest absolute Gasteiger partial charge is 0.212 e. The number of amidine groups is 1. The van der Waals surface area contributed by atoms with Crippen molar-refractivity contribution in [2.75, 3.05) is 7.11 Å². The third-order valence-corrected chi connectivity index (χ3v) is 2.51. The molecule has 0 aliphatic rings. The predicted octanol–water partition coefficient (Wildman–Crippen LogP) is 1.36. The molecule has 1 aromatic carbocycles. The van der Waals surface area contributed by atoms with E-state index in [2.05, 4.69) is 5.10 Å². The van der Waals surface area contributed by atoms with Gasteiger partial charge in [0.2, 0.25) is 5.88 Å². The van der Waals surface area contributed by atoms with Crippen molar-refractivity contribution >= 4 is 5.84 Å². The molecule has 18 heavy (non-hydrogen) atoms. The second kappa shape index (κ2) is 4.87. The Labute approximate surface area is 103 Å². The molecule has 0 unspecified atom stereocenters. The van der Waals surface area contributed by atoms with E-state index in [1.807, 2.05) is 0 Å². The van der Waals surface area contributed by atoms with Crippen LogP contribution in [0.25, 0.3) is 0 Å². The molecule has 0 aliphatic carbocycles. The molecular formula is C12H13FN4O. The summed E-state index contributed by atoms with van der Waals surface area (Å²) in [6.07, 6.45) is 0. The zero-order valence-corrected chi connectivity index (χ0v) is 9.85. The molecular weight excluding hydrogens is 235 g/mol. The number of nitrogens with two attached hydrogens (primary N) is 1. The Bertz CT molecular complexity index is 579. The van der Waals surface area contributed by atoms with E-state index >= 15 is 0 Å². The van der Waals surface area contributed by atoms with Crippen LogP contribution in [0, 0.1) is 11.2 Å². The Hall–Kier alpha value is -2.37.